The van der Waals surface area contributed by atoms with E-state index in [0.717, 1.165) is 67.1 Å². The van der Waals surface area contributed by atoms with Crippen molar-refractivity contribution in [3.05, 3.63) is 59.9 Å². The summed E-state index contributed by atoms with van der Waals surface area (Å²) in [4.78, 5) is 36.9. The molecule has 0 radical (unpaired) electrons. The summed E-state index contributed by atoms with van der Waals surface area (Å²) in [7, 11) is 1.54. The molecule has 1 amide bonds. The molecule has 0 bridgehead atoms. The Labute approximate surface area is 251 Å². The van der Waals surface area contributed by atoms with Gasteiger partial charge in [-0.15, -0.1) is 0 Å². The number of methoxy groups -OCH3 is 1. The van der Waals surface area contributed by atoms with Crippen molar-refractivity contribution in [1.29, 1.82) is 5.26 Å². The van der Waals surface area contributed by atoms with Gasteiger partial charge in [-0.2, -0.15) is 5.26 Å². The van der Waals surface area contributed by atoms with Gasteiger partial charge in [-0.25, -0.2) is 9.97 Å². The second-order valence-electron chi connectivity index (χ2n) is 12.3. The van der Waals surface area contributed by atoms with Crippen LogP contribution in [0.2, 0.25) is 0 Å². The number of hydrogen-bond donors (Lipinski definition) is 1. The van der Waals surface area contributed by atoms with Crippen LogP contribution in [0, 0.1) is 29.1 Å². The summed E-state index contributed by atoms with van der Waals surface area (Å²) >= 11 is 0. The van der Waals surface area contributed by atoms with E-state index in [1.807, 2.05) is 41.3 Å². The van der Waals surface area contributed by atoms with E-state index in [4.69, 9.17) is 14.1 Å². The summed E-state index contributed by atoms with van der Waals surface area (Å²) in [5, 5.41) is 18.9. The Balaban J connectivity index is 1.19. The highest BCUT2D eigenvalue weighted by Gasteiger charge is 2.35. The standard InChI is InChI=1S/C34H38N4O5/c1-42-31-16-15-28(36-29(31)18-35)22-7-5-21(6-8-22)19-38(33(39)24-11-13-25(14-12-24)34(40)41)27-4-2-3-26(17-27)30-20-43-32(37-30)23-9-10-23/h2-4,15-17,20-25H,5-14,19H2,1H3,(H,40,41). The molecule has 43 heavy (non-hydrogen) atoms. The van der Waals surface area contributed by atoms with Gasteiger partial charge in [-0.1, -0.05) is 12.1 Å². The average molecular weight is 583 g/mol. The summed E-state index contributed by atoms with van der Waals surface area (Å²) in [5.41, 5.74) is 3.78. The van der Waals surface area contributed by atoms with E-state index in [9.17, 15) is 20.0 Å². The Bertz CT molecular complexity index is 1510. The van der Waals surface area contributed by atoms with E-state index in [1.165, 1.54) is 0 Å². The largest absolute Gasteiger partial charge is 0.494 e. The van der Waals surface area contributed by atoms with Crippen molar-refractivity contribution in [2.75, 3.05) is 18.6 Å². The van der Waals surface area contributed by atoms with Crippen LogP contribution >= 0.6 is 0 Å². The van der Waals surface area contributed by atoms with Crippen LogP contribution in [0.5, 0.6) is 5.75 Å². The molecule has 3 fully saturated rings. The fourth-order valence-electron chi connectivity index (χ4n) is 6.73. The Morgan fingerprint density at radius 2 is 1.70 bits per heavy atom. The molecule has 0 atom stereocenters. The van der Waals surface area contributed by atoms with Gasteiger partial charge in [0.25, 0.3) is 0 Å². The summed E-state index contributed by atoms with van der Waals surface area (Å²) < 4.78 is 11.0. The first-order valence-corrected chi connectivity index (χ1v) is 15.5. The van der Waals surface area contributed by atoms with Crippen molar-refractivity contribution >= 4 is 17.6 Å². The highest BCUT2D eigenvalue weighted by Crippen LogP contribution is 2.41. The summed E-state index contributed by atoms with van der Waals surface area (Å²) in [6.07, 6.45) is 9.96. The van der Waals surface area contributed by atoms with Gasteiger partial charge in [0.2, 0.25) is 5.91 Å². The second-order valence-corrected chi connectivity index (χ2v) is 12.3. The van der Waals surface area contributed by atoms with Gasteiger partial charge in [-0.3, -0.25) is 9.59 Å². The number of carboxylic acids is 1. The van der Waals surface area contributed by atoms with Gasteiger partial charge in [0.05, 0.1) is 13.0 Å². The molecule has 224 valence electrons. The zero-order valence-corrected chi connectivity index (χ0v) is 24.6. The summed E-state index contributed by atoms with van der Waals surface area (Å²) in [6.45, 7) is 0.611. The van der Waals surface area contributed by atoms with Crippen LogP contribution in [-0.4, -0.2) is 40.6 Å². The highest BCUT2D eigenvalue weighted by atomic mass is 16.5. The number of oxazole rings is 1. The first-order chi connectivity index (χ1) is 20.9. The maximum absolute atomic E-state index is 14.1. The number of carboxylic acid groups (broad SMARTS) is 1. The minimum atomic E-state index is -0.765. The van der Waals surface area contributed by atoms with Crippen molar-refractivity contribution < 1.29 is 23.8 Å². The molecule has 0 saturated heterocycles. The molecular formula is C34H38N4O5. The number of benzene rings is 1. The van der Waals surface area contributed by atoms with Gasteiger partial charge in [0.15, 0.2) is 17.3 Å². The third-order valence-electron chi connectivity index (χ3n) is 9.51. The number of carbonyl (C=O) groups is 2. The lowest BCUT2D eigenvalue weighted by molar-refractivity contribution is -0.144. The normalized spacial score (nSPS) is 23.7. The number of anilines is 1. The molecule has 0 aliphatic heterocycles. The van der Waals surface area contributed by atoms with Crippen LogP contribution in [0.1, 0.15) is 93.3 Å². The predicted octanol–water partition coefficient (Wildman–Crippen LogP) is 6.69. The molecule has 6 rings (SSSR count). The molecule has 2 heterocycles. The molecular weight excluding hydrogens is 544 g/mol. The molecule has 1 aromatic carbocycles. The third-order valence-corrected chi connectivity index (χ3v) is 9.51. The number of pyridine rings is 1. The number of amides is 1. The maximum Gasteiger partial charge on any atom is 0.306 e. The average Bonchev–Trinajstić information content (AvgIpc) is 3.79. The van der Waals surface area contributed by atoms with E-state index >= 15 is 0 Å². The van der Waals surface area contributed by atoms with E-state index in [2.05, 4.69) is 11.1 Å². The van der Waals surface area contributed by atoms with Crippen LogP contribution in [-0.2, 0) is 9.59 Å². The Hall–Kier alpha value is -4.19. The van der Waals surface area contributed by atoms with Crippen molar-refractivity contribution in [2.45, 2.75) is 76.0 Å². The van der Waals surface area contributed by atoms with Crippen molar-refractivity contribution in [2.24, 2.45) is 17.8 Å². The Morgan fingerprint density at radius 3 is 2.37 bits per heavy atom. The van der Waals surface area contributed by atoms with E-state index in [0.29, 0.717) is 55.5 Å². The van der Waals surface area contributed by atoms with Crippen molar-refractivity contribution in [1.82, 2.24) is 9.97 Å². The smallest absolute Gasteiger partial charge is 0.306 e. The Kier molecular flexibility index (Phi) is 8.46. The first kappa shape index (κ1) is 28.9. The molecule has 3 aromatic rings. The van der Waals surface area contributed by atoms with E-state index in [-0.39, 0.29) is 23.7 Å². The van der Waals surface area contributed by atoms with E-state index < -0.39 is 5.97 Å². The number of nitrogens with zero attached hydrogens (tertiary/aromatic N) is 4. The van der Waals surface area contributed by atoms with Gasteiger partial charge in [0, 0.05) is 41.2 Å². The SMILES string of the molecule is COc1ccc(C2CCC(CN(C(=O)C3CCC(C(=O)O)CC3)c3cccc(-c4coc(C5CC5)n4)c3)CC2)nc1C#N. The summed E-state index contributed by atoms with van der Waals surface area (Å²) in [5.74, 6) is 1.05. The predicted molar refractivity (Wildman–Crippen MR) is 160 cm³/mol. The van der Waals surface area contributed by atoms with Crippen LogP contribution in [0.4, 0.5) is 5.69 Å². The molecule has 9 nitrogen and oxygen atoms in total. The minimum Gasteiger partial charge on any atom is -0.494 e. The lowest BCUT2D eigenvalue weighted by Crippen LogP contribution is -2.41. The maximum atomic E-state index is 14.1. The quantitative estimate of drug-likeness (QED) is 0.295. The van der Waals surface area contributed by atoms with E-state index in [1.54, 1.807) is 13.4 Å². The first-order valence-electron chi connectivity index (χ1n) is 15.5. The van der Waals surface area contributed by atoms with Crippen LogP contribution < -0.4 is 9.64 Å². The molecule has 1 N–H and O–H groups in total. The zero-order valence-electron chi connectivity index (χ0n) is 24.6. The molecule has 2 aromatic heterocycles. The van der Waals surface area contributed by atoms with Gasteiger partial charge >= 0.3 is 5.97 Å². The lowest BCUT2D eigenvalue weighted by Gasteiger charge is -2.36. The van der Waals surface area contributed by atoms with Gasteiger partial charge in [-0.05, 0) is 94.4 Å². The molecule has 0 unspecified atom stereocenters. The lowest BCUT2D eigenvalue weighted by atomic mass is 9.79. The fourth-order valence-corrected chi connectivity index (χ4v) is 6.73. The molecule has 3 aliphatic carbocycles. The van der Waals surface area contributed by atoms with Crippen LogP contribution in [0.15, 0.2) is 47.1 Å². The second kappa shape index (κ2) is 12.6. The third kappa shape index (κ3) is 6.43. The van der Waals surface area contributed by atoms with Crippen molar-refractivity contribution in [3.63, 3.8) is 0 Å². The molecule has 0 spiro atoms. The monoisotopic (exact) mass is 582 g/mol. The molecule has 3 aliphatic rings. The Morgan fingerprint density at radius 1 is 0.977 bits per heavy atom. The summed E-state index contributed by atoms with van der Waals surface area (Å²) in [6, 6.07) is 13.9. The number of carbonyl (C=O) groups excluding carboxylic acids is 1. The van der Waals surface area contributed by atoms with Gasteiger partial charge in [0.1, 0.15) is 18.0 Å². The number of rotatable bonds is 9. The van der Waals surface area contributed by atoms with Crippen LogP contribution in [0.25, 0.3) is 11.3 Å². The topological polar surface area (TPSA) is 130 Å². The highest BCUT2D eigenvalue weighted by molar-refractivity contribution is 5.95. The number of aliphatic carboxylic acids is 1. The van der Waals surface area contributed by atoms with Crippen molar-refractivity contribution in [3.8, 4) is 23.1 Å². The molecule has 3 saturated carbocycles. The fraction of sp³-hybridized carbons (Fsp3) is 0.500. The van der Waals surface area contributed by atoms with Gasteiger partial charge < -0.3 is 19.2 Å². The zero-order chi connectivity index (χ0) is 29.9. The number of hydrogen-bond acceptors (Lipinski definition) is 7. The molecule has 9 heteroatoms. The minimum absolute atomic E-state index is 0.0809. The number of ether oxygens (including phenoxy) is 1. The van der Waals surface area contributed by atoms with Crippen LogP contribution in [0.3, 0.4) is 0 Å². The number of nitriles is 1. The number of aromatic nitrogens is 2.